The summed E-state index contributed by atoms with van der Waals surface area (Å²) in [5.74, 6) is -0.618. The molecule has 0 radical (unpaired) electrons. The van der Waals surface area contributed by atoms with Crippen LogP contribution in [0.3, 0.4) is 0 Å². The van der Waals surface area contributed by atoms with E-state index >= 15 is 0 Å². The van der Waals surface area contributed by atoms with E-state index < -0.39 is 5.97 Å². The van der Waals surface area contributed by atoms with Gasteiger partial charge in [0.15, 0.2) is 0 Å². The standard InChI is InChI=1S/C10H13NO3/c1-5-4-7(14-3)9(11)8(6(5)2)10(12)13/h4H,11H2,1-3H3,(H,12,13). The number of nitrogen functional groups attached to an aromatic ring is 1. The van der Waals surface area contributed by atoms with Gasteiger partial charge in [-0.2, -0.15) is 0 Å². The Morgan fingerprint density at radius 1 is 1.50 bits per heavy atom. The van der Waals surface area contributed by atoms with Gasteiger partial charge in [-0.3, -0.25) is 0 Å². The summed E-state index contributed by atoms with van der Waals surface area (Å²) >= 11 is 0. The van der Waals surface area contributed by atoms with Gasteiger partial charge >= 0.3 is 5.97 Å². The zero-order valence-corrected chi connectivity index (χ0v) is 8.42. The molecule has 4 heteroatoms. The number of ether oxygens (including phenoxy) is 1. The van der Waals surface area contributed by atoms with Crippen molar-refractivity contribution in [2.75, 3.05) is 12.8 Å². The fraction of sp³-hybridized carbons (Fsp3) is 0.300. The number of carboxylic acid groups (broad SMARTS) is 1. The smallest absolute Gasteiger partial charge is 0.338 e. The largest absolute Gasteiger partial charge is 0.495 e. The van der Waals surface area contributed by atoms with Crippen LogP contribution in [0, 0.1) is 13.8 Å². The van der Waals surface area contributed by atoms with E-state index in [2.05, 4.69) is 0 Å². The number of hydrogen-bond acceptors (Lipinski definition) is 3. The third-order valence-corrected chi connectivity index (χ3v) is 2.28. The number of carboxylic acids is 1. The minimum atomic E-state index is -1.03. The van der Waals surface area contributed by atoms with E-state index in [9.17, 15) is 4.79 Å². The number of aromatic carboxylic acids is 1. The minimum absolute atomic E-state index is 0.127. The molecule has 1 aromatic carbocycles. The van der Waals surface area contributed by atoms with Crippen molar-refractivity contribution in [2.45, 2.75) is 13.8 Å². The van der Waals surface area contributed by atoms with Crippen molar-refractivity contribution in [3.05, 3.63) is 22.8 Å². The molecule has 76 valence electrons. The van der Waals surface area contributed by atoms with Gasteiger partial charge in [-0.1, -0.05) is 0 Å². The van der Waals surface area contributed by atoms with Crippen molar-refractivity contribution >= 4 is 11.7 Å². The molecule has 0 unspecified atom stereocenters. The third-order valence-electron chi connectivity index (χ3n) is 2.28. The predicted octanol–water partition coefficient (Wildman–Crippen LogP) is 1.59. The molecule has 0 aliphatic carbocycles. The van der Waals surface area contributed by atoms with E-state index in [1.54, 1.807) is 13.0 Å². The predicted molar refractivity (Wildman–Crippen MR) is 53.8 cm³/mol. The summed E-state index contributed by atoms with van der Waals surface area (Å²) in [6.07, 6.45) is 0. The molecule has 0 saturated heterocycles. The molecule has 0 aliphatic rings. The number of benzene rings is 1. The highest BCUT2D eigenvalue weighted by Crippen LogP contribution is 2.30. The first-order chi connectivity index (χ1) is 6.49. The molecule has 4 nitrogen and oxygen atoms in total. The lowest BCUT2D eigenvalue weighted by molar-refractivity contribution is 0.0697. The number of anilines is 1. The summed E-state index contributed by atoms with van der Waals surface area (Å²) in [4.78, 5) is 10.9. The quantitative estimate of drug-likeness (QED) is 0.703. The van der Waals surface area contributed by atoms with Crippen LogP contribution in [-0.4, -0.2) is 18.2 Å². The molecule has 0 atom stereocenters. The molecule has 0 spiro atoms. The molecular weight excluding hydrogens is 182 g/mol. The summed E-state index contributed by atoms with van der Waals surface area (Å²) in [6.45, 7) is 3.55. The van der Waals surface area contributed by atoms with Crippen LogP contribution < -0.4 is 10.5 Å². The Morgan fingerprint density at radius 2 is 2.07 bits per heavy atom. The highest BCUT2D eigenvalue weighted by atomic mass is 16.5. The number of aryl methyl sites for hydroxylation is 1. The van der Waals surface area contributed by atoms with E-state index in [-0.39, 0.29) is 11.3 Å². The summed E-state index contributed by atoms with van der Waals surface area (Å²) in [5.41, 5.74) is 7.50. The highest BCUT2D eigenvalue weighted by molar-refractivity contribution is 5.97. The Balaban J connectivity index is 3.53. The number of carbonyl (C=O) groups is 1. The molecule has 0 saturated carbocycles. The van der Waals surface area contributed by atoms with Gasteiger partial charge in [-0.25, -0.2) is 4.79 Å². The molecule has 0 aromatic heterocycles. The van der Waals surface area contributed by atoms with Crippen LogP contribution in [-0.2, 0) is 0 Å². The molecule has 1 rings (SSSR count). The Morgan fingerprint density at radius 3 is 2.50 bits per heavy atom. The fourth-order valence-corrected chi connectivity index (χ4v) is 1.35. The summed E-state index contributed by atoms with van der Waals surface area (Å²) < 4.78 is 4.98. The second kappa shape index (κ2) is 3.57. The number of methoxy groups -OCH3 is 1. The Bertz CT molecular complexity index is 385. The van der Waals surface area contributed by atoms with E-state index in [0.717, 1.165) is 5.56 Å². The third kappa shape index (κ3) is 1.51. The molecular formula is C10H13NO3. The Kier molecular flexibility index (Phi) is 2.65. The van der Waals surface area contributed by atoms with Crippen molar-refractivity contribution in [3.8, 4) is 5.75 Å². The minimum Gasteiger partial charge on any atom is -0.495 e. The molecule has 1 aromatic rings. The van der Waals surface area contributed by atoms with E-state index in [1.807, 2.05) is 6.92 Å². The first kappa shape index (κ1) is 10.4. The second-order valence-electron chi connectivity index (χ2n) is 3.11. The molecule has 14 heavy (non-hydrogen) atoms. The van der Waals surface area contributed by atoms with E-state index in [4.69, 9.17) is 15.6 Å². The molecule has 0 fully saturated rings. The lowest BCUT2D eigenvalue weighted by Crippen LogP contribution is -2.08. The number of rotatable bonds is 2. The zero-order valence-electron chi connectivity index (χ0n) is 8.42. The fourth-order valence-electron chi connectivity index (χ4n) is 1.35. The summed E-state index contributed by atoms with van der Waals surface area (Å²) in [6, 6.07) is 1.73. The van der Waals surface area contributed by atoms with Gasteiger partial charge in [0.2, 0.25) is 0 Å². The van der Waals surface area contributed by atoms with E-state index in [0.29, 0.717) is 11.3 Å². The first-order valence-electron chi connectivity index (χ1n) is 4.16. The van der Waals surface area contributed by atoms with Gasteiger partial charge in [0, 0.05) is 0 Å². The second-order valence-corrected chi connectivity index (χ2v) is 3.11. The lowest BCUT2D eigenvalue weighted by atomic mass is 10.0. The van der Waals surface area contributed by atoms with Crippen LogP contribution in [0.5, 0.6) is 5.75 Å². The van der Waals surface area contributed by atoms with Crippen molar-refractivity contribution in [3.63, 3.8) is 0 Å². The van der Waals surface area contributed by atoms with Gasteiger partial charge in [0.05, 0.1) is 18.4 Å². The Labute approximate surface area is 82.3 Å². The van der Waals surface area contributed by atoms with Crippen LogP contribution in [0.1, 0.15) is 21.5 Å². The maximum Gasteiger partial charge on any atom is 0.338 e. The zero-order chi connectivity index (χ0) is 10.9. The number of nitrogens with two attached hydrogens (primary N) is 1. The number of hydrogen-bond donors (Lipinski definition) is 2. The average Bonchev–Trinajstić information content (AvgIpc) is 2.11. The van der Waals surface area contributed by atoms with Gasteiger partial charge in [0.25, 0.3) is 0 Å². The Hall–Kier alpha value is -1.71. The maximum atomic E-state index is 10.9. The summed E-state index contributed by atoms with van der Waals surface area (Å²) in [5, 5.41) is 8.96. The van der Waals surface area contributed by atoms with Crippen molar-refractivity contribution in [2.24, 2.45) is 0 Å². The van der Waals surface area contributed by atoms with Crippen LogP contribution >= 0.6 is 0 Å². The average molecular weight is 195 g/mol. The first-order valence-corrected chi connectivity index (χ1v) is 4.16. The van der Waals surface area contributed by atoms with Crippen molar-refractivity contribution in [1.29, 1.82) is 0 Å². The van der Waals surface area contributed by atoms with Crippen LogP contribution in [0.2, 0.25) is 0 Å². The van der Waals surface area contributed by atoms with Crippen LogP contribution in [0.4, 0.5) is 5.69 Å². The summed E-state index contributed by atoms with van der Waals surface area (Å²) in [7, 11) is 1.46. The molecule has 0 heterocycles. The molecule has 0 amide bonds. The van der Waals surface area contributed by atoms with Crippen LogP contribution in [0.15, 0.2) is 6.07 Å². The monoisotopic (exact) mass is 195 g/mol. The molecule has 0 bridgehead atoms. The van der Waals surface area contributed by atoms with Crippen LogP contribution in [0.25, 0.3) is 0 Å². The van der Waals surface area contributed by atoms with Crippen molar-refractivity contribution in [1.82, 2.24) is 0 Å². The van der Waals surface area contributed by atoms with Gasteiger partial charge in [-0.05, 0) is 31.0 Å². The lowest BCUT2D eigenvalue weighted by Gasteiger charge is -2.12. The highest BCUT2D eigenvalue weighted by Gasteiger charge is 2.17. The van der Waals surface area contributed by atoms with Crippen molar-refractivity contribution < 1.29 is 14.6 Å². The SMILES string of the molecule is COc1cc(C)c(C)c(C(=O)O)c1N. The van der Waals surface area contributed by atoms with Gasteiger partial charge in [0.1, 0.15) is 5.75 Å². The van der Waals surface area contributed by atoms with Gasteiger partial charge < -0.3 is 15.6 Å². The molecule has 3 N–H and O–H groups in total. The topological polar surface area (TPSA) is 72.5 Å². The van der Waals surface area contributed by atoms with E-state index in [1.165, 1.54) is 7.11 Å². The van der Waals surface area contributed by atoms with Gasteiger partial charge in [-0.15, -0.1) is 0 Å². The molecule has 0 aliphatic heterocycles. The maximum absolute atomic E-state index is 10.9. The normalized spacial score (nSPS) is 9.93.